The van der Waals surface area contributed by atoms with E-state index in [1.165, 1.54) is 12.3 Å². The van der Waals surface area contributed by atoms with Crippen LogP contribution in [-0.4, -0.2) is 76.6 Å². The van der Waals surface area contributed by atoms with Crippen LogP contribution in [0.1, 0.15) is 0 Å². The number of hydrogen-bond donors (Lipinski definition) is 4. The first kappa shape index (κ1) is 18.1. The molecule has 9 nitrogen and oxygen atoms in total. The molecule has 4 N–H and O–H groups in total. The average molecular weight is 356 g/mol. The Morgan fingerprint density at radius 3 is 2.68 bits per heavy atom. The Hall–Kier alpha value is -1.75. The highest BCUT2D eigenvalue weighted by Crippen LogP contribution is 2.35. The fourth-order valence-electron chi connectivity index (χ4n) is 2.98. The summed E-state index contributed by atoms with van der Waals surface area (Å²) in [5.74, 6) is -1.06. The van der Waals surface area contributed by atoms with Crippen LogP contribution < -0.4 is 0 Å². The first-order valence-electron chi connectivity index (χ1n) is 7.79. The van der Waals surface area contributed by atoms with Gasteiger partial charge in [-0.2, -0.15) is 0 Å². The topological polar surface area (TPSA) is 135 Å². The smallest absolute Gasteiger partial charge is 0.341 e. The van der Waals surface area contributed by atoms with Gasteiger partial charge in [0, 0.05) is 0 Å². The molecule has 0 spiro atoms. The predicted octanol–water partition coefficient (Wildman–Crippen LogP) is -1.67. The summed E-state index contributed by atoms with van der Waals surface area (Å²) >= 11 is 0. The Balaban J connectivity index is 1.78. The maximum atomic E-state index is 11.8. The summed E-state index contributed by atoms with van der Waals surface area (Å²) in [5, 5.41) is 38.9. The number of esters is 1. The molecule has 7 atom stereocenters. The molecule has 3 heterocycles. The maximum Gasteiger partial charge on any atom is 0.341 e. The van der Waals surface area contributed by atoms with Gasteiger partial charge < -0.3 is 39.4 Å². The number of aliphatic hydroxyl groups excluding tert-OH is 4. The van der Waals surface area contributed by atoms with E-state index in [1.807, 2.05) is 0 Å². The number of cyclic esters (lactones) is 1. The lowest BCUT2D eigenvalue weighted by Crippen LogP contribution is -2.60. The fraction of sp³-hybridized carbons (Fsp3) is 0.562. The first-order valence-corrected chi connectivity index (χ1v) is 7.79. The molecule has 0 aromatic heterocycles. The molecular formula is C16H20O9. The largest absolute Gasteiger partial charge is 0.471 e. The van der Waals surface area contributed by atoms with Crippen molar-refractivity contribution in [1.82, 2.24) is 0 Å². The van der Waals surface area contributed by atoms with E-state index in [-0.39, 0.29) is 12.2 Å². The Labute approximate surface area is 143 Å². The Morgan fingerprint density at radius 1 is 1.24 bits per heavy atom. The lowest BCUT2D eigenvalue weighted by atomic mass is 9.89. The predicted molar refractivity (Wildman–Crippen MR) is 80.5 cm³/mol. The molecule has 0 aromatic carbocycles. The van der Waals surface area contributed by atoms with Crippen LogP contribution in [0.4, 0.5) is 0 Å². The molecule has 25 heavy (non-hydrogen) atoms. The molecule has 0 radical (unpaired) electrons. The van der Waals surface area contributed by atoms with Crippen molar-refractivity contribution in [2.45, 2.75) is 37.0 Å². The van der Waals surface area contributed by atoms with Crippen molar-refractivity contribution < 1.29 is 44.2 Å². The average Bonchev–Trinajstić information content (AvgIpc) is 2.62. The summed E-state index contributed by atoms with van der Waals surface area (Å²) in [6.45, 7) is 3.25. The van der Waals surface area contributed by atoms with Gasteiger partial charge >= 0.3 is 5.97 Å². The normalized spacial score (nSPS) is 41.0. The van der Waals surface area contributed by atoms with E-state index in [1.54, 1.807) is 6.08 Å². The van der Waals surface area contributed by atoms with E-state index in [0.717, 1.165) is 0 Å². The molecule has 3 rings (SSSR count). The minimum atomic E-state index is -1.56. The summed E-state index contributed by atoms with van der Waals surface area (Å²) in [6.07, 6.45) is -3.61. The number of carbonyl (C=O) groups is 1. The van der Waals surface area contributed by atoms with Crippen LogP contribution in [-0.2, 0) is 23.7 Å². The van der Waals surface area contributed by atoms with Crippen LogP contribution in [0, 0.1) is 5.92 Å². The number of hydrogen-bond acceptors (Lipinski definition) is 9. The van der Waals surface area contributed by atoms with Gasteiger partial charge in [-0.05, 0) is 11.6 Å². The minimum absolute atomic E-state index is 0.114. The lowest BCUT2D eigenvalue weighted by Gasteiger charge is -2.42. The molecule has 1 saturated heterocycles. The van der Waals surface area contributed by atoms with Crippen LogP contribution in [0.2, 0.25) is 0 Å². The highest BCUT2D eigenvalue weighted by Gasteiger charge is 2.46. The van der Waals surface area contributed by atoms with Gasteiger partial charge in [0.05, 0.1) is 18.1 Å². The molecule has 9 heteroatoms. The molecule has 0 aliphatic carbocycles. The van der Waals surface area contributed by atoms with E-state index in [0.29, 0.717) is 5.57 Å². The van der Waals surface area contributed by atoms with Gasteiger partial charge in [-0.25, -0.2) is 4.79 Å². The van der Waals surface area contributed by atoms with Crippen molar-refractivity contribution in [2.24, 2.45) is 5.92 Å². The van der Waals surface area contributed by atoms with Gasteiger partial charge in [-0.3, -0.25) is 0 Å². The molecule has 3 aliphatic heterocycles. The summed E-state index contributed by atoms with van der Waals surface area (Å²) in [7, 11) is 0. The zero-order chi connectivity index (χ0) is 18.1. The molecule has 0 bridgehead atoms. The maximum absolute atomic E-state index is 11.8. The second-order valence-electron chi connectivity index (χ2n) is 5.89. The van der Waals surface area contributed by atoms with Crippen molar-refractivity contribution in [3.05, 3.63) is 36.1 Å². The van der Waals surface area contributed by atoms with Crippen molar-refractivity contribution in [2.75, 3.05) is 13.2 Å². The zero-order valence-corrected chi connectivity index (χ0v) is 13.2. The summed E-state index contributed by atoms with van der Waals surface area (Å²) in [6, 6.07) is 0. The molecule has 0 amide bonds. The van der Waals surface area contributed by atoms with Crippen molar-refractivity contribution in [1.29, 1.82) is 0 Å². The molecule has 138 valence electrons. The lowest BCUT2D eigenvalue weighted by molar-refractivity contribution is -0.336. The Bertz CT molecular complexity index is 596. The SMILES string of the molecule is C=C[C@@H]1C2=CCOC(=O)C2=CO[C@@H]1O[C@H]1O[C@@H](CO)[C@@H](O)[C@@H](O)[C@H]1O. The summed E-state index contributed by atoms with van der Waals surface area (Å²) in [4.78, 5) is 11.8. The number of fused-ring (bicyclic) bond motifs is 1. The molecular weight excluding hydrogens is 336 g/mol. The zero-order valence-electron chi connectivity index (χ0n) is 13.2. The van der Waals surface area contributed by atoms with Gasteiger partial charge in [0.2, 0.25) is 6.29 Å². The quantitative estimate of drug-likeness (QED) is 0.344. The van der Waals surface area contributed by atoms with Crippen molar-refractivity contribution in [3.8, 4) is 0 Å². The first-order chi connectivity index (χ1) is 12.0. The van der Waals surface area contributed by atoms with Crippen molar-refractivity contribution >= 4 is 5.97 Å². The molecule has 0 aromatic rings. The third-order valence-corrected chi connectivity index (χ3v) is 4.39. The number of rotatable bonds is 4. The molecule has 3 aliphatic rings. The number of carbonyl (C=O) groups excluding carboxylic acids is 1. The third-order valence-electron chi connectivity index (χ3n) is 4.39. The van der Waals surface area contributed by atoms with E-state index in [9.17, 15) is 25.2 Å². The number of aliphatic hydroxyl groups is 4. The van der Waals surface area contributed by atoms with Gasteiger partial charge in [0.15, 0.2) is 6.29 Å². The molecule has 0 saturated carbocycles. The van der Waals surface area contributed by atoms with E-state index < -0.39 is 55.5 Å². The second kappa shape index (κ2) is 7.24. The van der Waals surface area contributed by atoms with Crippen LogP contribution >= 0.6 is 0 Å². The van der Waals surface area contributed by atoms with Gasteiger partial charge in [0.1, 0.15) is 37.3 Å². The van der Waals surface area contributed by atoms with E-state index in [4.69, 9.17) is 18.9 Å². The van der Waals surface area contributed by atoms with E-state index >= 15 is 0 Å². The van der Waals surface area contributed by atoms with Gasteiger partial charge in [0.25, 0.3) is 0 Å². The van der Waals surface area contributed by atoms with Crippen LogP contribution in [0.25, 0.3) is 0 Å². The highest BCUT2D eigenvalue weighted by atomic mass is 16.8. The third kappa shape index (κ3) is 3.22. The van der Waals surface area contributed by atoms with Crippen LogP contribution in [0.15, 0.2) is 36.1 Å². The minimum Gasteiger partial charge on any atom is -0.471 e. The van der Waals surface area contributed by atoms with Crippen LogP contribution in [0.3, 0.4) is 0 Å². The van der Waals surface area contributed by atoms with Gasteiger partial charge in [-0.15, -0.1) is 6.58 Å². The standard InChI is InChI=1S/C16H20O9/c1-2-7-8-3-4-22-14(21)9(8)6-23-15(7)25-16-13(20)12(19)11(18)10(5-17)24-16/h2-3,6-7,10-13,15-20H,1,4-5H2/t7-,10+,11-,12-,13-,15-,16-/m1/s1. The molecule has 0 unspecified atom stereocenters. The number of ether oxygens (including phenoxy) is 4. The fourth-order valence-corrected chi connectivity index (χ4v) is 2.98. The van der Waals surface area contributed by atoms with Crippen LogP contribution in [0.5, 0.6) is 0 Å². The molecule has 1 fully saturated rings. The Morgan fingerprint density at radius 2 is 2.00 bits per heavy atom. The monoisotopic (exact) mass is 356 g/mol. The van der Waals surface area contributed by atoms with Crippen molar-refractivity contribution in [3.63, 3.8) is 0 Å². The summed E-state index contributed by atoms with van der Waals surface area (Å²) in [5.41, 5.74) is 0.872. The Kier molecular flexibility index (Phi) is 5.23. The van der Waals surface area contributed by atoms with Gasteiger partial charge in [-0.1, -0.05) is 6.08 Å². The second-order valence-corrected chi connectivity index (χ2v) is 5.89. The highest BCUT2D eigenvalue weighted by molar-refractivity contribution is 5.94. The summed E-state index contributed by atoms with van der Waals surface area (Å²) < 4.78 is 21.2. The van der Waals surface area contributed by atoms with E-state index in [2.05, 4.69) is 6.58 Å².